The number of aromatic nitrogens is 2. The van der Waals surface area contributed by atoms with Gasteiger partial charge in [-0.05, 0) is 70.4 Å². The van der Waals surface area contributed by atoms with Crippen LogP contribution in [-0.2, 0) is 9.84 Å². The van der Waals surface area contributed by atoms with E-state index < -0.39 is 9.84 Å². The number of thiazole rings is 1. The van der Waals surface area contributed by atoms with E-state index in [-0.39, 0.29) is 40.4 Å². The molecule has 0 aromatic carbocycles. The molecule has 0 radical (unpaired) electrons. The summed E-state index contributed by atoms with van der Waals surface area (Å²) in [5, 5.41) is 6.69. The molecule has 0 bridgehead atoms. The van der Waals surface area contributed by atoms with Gasteiger partial charge in [0.15, 0.2) is 5.01 Å². The van der Waals surface area contributed by atoms with Crippen LogP contribution in [0.15, 0.2) is 12.3 Å². The Morgan fingerprint density at radius 1 is 1.03 bits per heavy atom. The first-order valence-corrected chi connectivity index (χ1v) is 16.4. The van der Waals surface area contributed by atoms with Crippen LogP contribution >= 0.6 is 11.3 Å². The Balaban J connectivity index is 1.43. The Hall–Kier alpha value is -2.53. The maximum Gasteiger partial charge on any atom is 0.280 e. The molecule has 5 rings (SSSR count). The molecule has 0 spiro atoms. The summed E-state index contributed by atoms with van der Waals surface area (Å²) in [5.74, 6) is 0.452. The van der Waals surface area contributed by atoms with E-state index in [2.05, 4.69) is 27.5 Å². The van der Waals surface area contributed by atoms with Crippen molar-refractivity contribution in [3.63, 3.8) is 0 Å². The number of pyridine rings is 1. The monoisotopic (exact) mass is 559 g/mol. The van der Waals surface area contributed by atoms with E-state index >= 15 is 0 Å². The van der Waals surface area contributed by atoms with Gasteiger partial charge < -0.3 is 15.5 Å². The van der Waals surface area contributed by atoms with Crippen LogP contribution in [0.2, 0.25) is 0 Å². The van der Waals surface area contributed by atoms with Gasteiger partial charge in [0.2, 0.25) is 0 Å². The summed E-state index contributed by atoms with van der Waals surface area (Å²) < 4.78 is 23.6. The van der Waals surface area contributed by atoms with Gasteiger partial charge in [-0.3, -0.25) is 9.59 Å². The van der Waals surface area contributed by atoms with Crippen LogP contribution in [0.4, 0.5) is 5.82 Å². The van der Waals surface area contributed by atoms with Crippen molar-refractivity contribution < 1.29 is 18.0 Å². The number of sulfone groups is 1. The molecule has 2 saturated heterocycles. The van der Waals surface area contributed by atoms with Gasteiger partial charge in [0, 0.05) is 36.4 Å². The summed E-state index contributed by atoms with van der Waals surface area (Å²) in [5.41, 5.74) is 2.06. The standard InChI is InChI=1S/C27H37N5O4S2/c1-17-15-22(29-19-8-3-4-9-19)28-16-21(17)24-23(27(34)32-12-6-5-7-18(32)2)31-26(37-24)25(33)30-20-10-13-38(35,36)14-11-20/h15-16,18-20H,3-14H2,1-2H3,(H,28,29)(H,30,33)/t18-/m0/s1. The highest BCUT2D eigenvalue weighted by atomic mass is 32.2. The van der Waals surface area contributed by atoms with Gasteiger partial charge >= 0.3 is 0 Å². The lowest BCUT2D eigenvalue weighted by atomic mass is 10.0. The maximum atomic E-state index is 13.7. The zero-order valence-corrected chi connectivity index (χ0v) is 23.8. The second kappa shape index (κ2) is 11.3. The van der Waals surface area contributed by atoms with Crippen molar-refractivity contribution in [3.8, 4) is 10.4 Å². The third-order valence-corrected chi connectivity index (χ3v) is 10.8. The largest absolute Gasteiger partial charge is 0.367 e. The molecular weight excluding hydrogens is 522 g/mol. The Morgan fingerprint density at radius 2 is 1.74 bits per heavy atom. The molecule has 9 nitrogen and oxygen atoms in total. The molecule has 2 aliphatic heterocycles. The van der Waals surface area contributed by atoms with Crippen LogP contribution in [0.1, 0.15) is 90.6 Å². The van der Waals surface area contributed by atoms with Gasteiger partial charge in [-0.1, -0.05) is 12.8 Å². The van der Waals surface area contributed by atoms with Gasteiger partial charge in [0.25, 0.3) is 11.8 Å². The fourth-order valence-corrected chi connectivity index (χ4v) is 8.24. The molecule has 38 heavy (non-hydrogen) atoms. The summed E-state index contributed by atoms with van der Waals surface area (Å²) in [6.45, 7) is 4.73. The first-order valence-electron chi connectivity index (χ1n) is 13.8. The Kier molecular flexibility index (Phi) is 8.04. The second-order valence-corrected chi connectivity index (χ2v) is 14.3. The summed E-state index contributed by atoms with van der Waals surface area (Å²) in [4.78, 5) is 38.7. The summed E-state index contributed by atoms with van der Waals surface area (Å²) in [6.07, 6.45) is 10.3. The van der Waals surface area contributed by atoms with Gasteiger partial charge in [0.1, 0.15) is 21.3 Å². The average molecular weight is 560 g/mol. The van der Waals surface area contributed by atoms with Gasteiger partial charge in [-0.15, -0.1) is 11.3 Å². The molecule has 4 heterocycles. The first-order chi connectivity index (χ1) is 18.2. The maximum absolute atomic E-state index is 13.7. The number of amides is 2. The number of likely N-dealkylation sites (tertiary alicyclic amines) is 1. The van der Waals surface area contributed by atoms with Crippen molar-refractivity contribution >= 4 is 38.8 Å². The van der Waals surface area contributed by atoms with Crippen LogP contribution in [0.25, 0.3) is 10.4 Å². The lowest BCUT2D eigenvalue weighted by Crippen LogP contribution is -2.42. The number of hydrogen-bond donors (Lipinski definition) is 2. The van der Waals surface area contributed by atoms with E-state index in [0.29, 0.717) is 36.0 Å². The van der Waals surface area contributed by atoms with Crippen molar-refractivity contribution in [2.24, 2.45) is 0 Å². The van der Waals surface area contributed by atoms with Gasteiger partial charge in [0.05, 0.1) is 16.4 Å². The van der Waals surface area contributed by atoms with Crippen molar-refractivity contribution in [2.75, 3.05) is 23.4 Å². The normalized spacial score (nSPS) is 22.4. The SMILES string of the molecule is Cc1cc(NC2CCCC2)ncc1-c1sc(C(=O)NC2CCS(=O)(=O)CC2)nc1C(=O)N1CCCC[C@@H]1C. The van der Waals surface area contributed by atoms with Crippen LogP contribution in [-0.4, -0.2) is 71.3 Å². The molecule has 2 amide bonds. The number of carbonyl (C=O) groups is 2. The highest BCUT2D eigenvalue weighted by molar-refractivity contribution is 7.91. The molecule has 1 atom stereocenters. The molecule has 206 valence electrons. The third-order valence-electron chi connectivity index (χ3n) is 8.04. The number of nitrogens with zero attached hydrogens (tertiary/aromatic N) is 3. The van der Waals surface area contributed by atoms with Crippen LogP contribution in [0.5, 0.6) is 0 Å². The minimum Gasteiger partial charge on any atom is -0.367 e. The number of piperidine rings is 1. The zero-order valence-electron chi connectivity index (χ0n) is 22.2. The lowest BCUT2D eigenvalue weighted by molar-refractivity contribution is 0.0631. The number of rotatable bonds is 6. The van der Waals surface area contributed by atoms with Crippen LogP contribution in [0.3, 0.4) is 0 Å². The zero-order chi connectivity index (χ0) is 26.9. The van der Waals surface area contributed by atoms with E-state index in [9.17, 15) is 18.0 Å². The molecule has 2 N–H and O–H groups in total. The Labute approximate surface area is 228 Å². The lowest BCUT2D eigenvalue weighted by Gasteiger charge is -2.33. The molecular formula is C27H37N5O4S2. The minimum atomic E-state index is -3.03. The van der Waals surface area contributed by atoms with Crippen LogP contribution in [0, 0.1) is 6.92 Å². The molecule has 11 heteroatoms. The minimum absolute atomic E-state index is 0.0732. The Morgan fingerprint density at radius 3 is 2.42 bits per heavy atom. The van der Waals surface area contributed by atoms with E-state index in [1.807, 2.05) is 17.9 Å². The fourth-order valence-electron chi connectivity index (χ4n) is 5.71. The van der Waals surface area contributed by atoms with Gasteiger partial charge in [-0.25, -0.2) is 18.4 Å². The predicted molar refractivity (Wildman–Crippen MR) is 149 cm³/mol. The average Bonchev–Trinajstić information content (AvgIpc) is 3.56. The summed E-state index contributed by atoms with van der Waals surface area (Å²) in [7, 11) is -3.03. The molecule has 3 fully saturated rings. The van der Waals surface area contributed by atoms with Crippen LogP contribution < -0.4 is 10.6 Å². The van der Waals surface area contributed by atoms with E-state index in [0.717, 1.165) is 49.0 Å². The highest BCUT2D eigenvalue weighted by Crippen LogP contribution is 2.35. The smallest absolute Gasteiger partial charge is 0.280 e. The fraction of sp³-hybridized carbons (Fsp3) is 0.630. The molecule has 2 aromatic rings. The van der Waals surface area contributed by atoms with E-state index in [1.165, 1.54) is 24.2 Å². The predicted octanol–water partition coefficient (Wildman–Crippen LogP) is 4.19. The number of aryl methyl sites for hydroxylation is 1. The second-order valence-electron chi connectivity index (χ2n) is 10.9. The number of anilines is 1. The van der Waals surface area contributed by atoms with Crippen molar-refractivity contribution in [3.05, 3.63) is 28.5 Å². The Bertz CT molecular complexity index is 1290. The van der Waals surface area contributed by atoms with Crippen molar-refractivity contribution in [2.45, 2.75) is 89.8 Å². The topological polar surface area (TPSA) is 121 Å². The molecule has 3 aliphatic rings. The number of nitrogens with one attached hydrogen (secondary N) is 2. The van der Waals surface area contributed by atoms with Gasteiger partial charge in [-0.2, -0.15) is 0 Å². The van der Waals surface area contributed by atoms with E-state index in [4.69, 9.17) is 0 Å². The number of carbonyl (C=O) groups excluding carboxylic acids is 2. The molecule has 0 unspecified atom stereocenters. The first kappa shape index (κ1) is 27.1. The quantitative estimate of drug-likeness (QED) is 0.544. The number of hydrogen-bond acceptors (Lipinski definition) is 8. The molecule has 2 aromatic heterocycles. The van der Waals surface area contributed by atoms with Crippen molar-refractivity contribution in [1.82, 2.24) is 20.2 Å². The summed E-state index contributed by atoms with van der Waals surface area (Å²) in [6, 6.07) is 2.35. The summed E-state index contributed by atoms with van der Waals surface area (Å²) >= 11 is 1.21. The third kappa shape index (κ3) is 6.03. The molecule has 1 aliphatic carbocycles. The molecule has 1 saturated carbocycles. The van der Waals surface area contributed by atoms with Crippen molar-refractivity contribution in [1.29, 1.82) is 0 Å². The van der Waals surface area contributed by atoms with E-state index in [1.54, 1.807) is 6.20 Å². The highest BCUT2D eigenvalue weighted by Gasteiger charge is 2.32.